The highest BCUT2D eigenvalue weighted by atomic mass is 28.4. The molecule has 0 bridgehead atoms. The fraction of sp³-hybridized carbons (Fsp3) is 1.00. The third kappa shape index (κ3) is 4.60. The van der Waals surface area contributed by atoms with E-state index in [-0.39, 0.29) is 22.3 Å². The molecule has 148 valence electrons. The SMILES string of the molecule is CC(C)(C)[Si](C)(C)O[C@@H]1[C@@H](O[Si](C)(C)C(C)(C)C)CN2CCCC[C@@H]12. The summed E-state index contributed by atoms with van der Waals surface area (Å²) in [5, 5.41) is 0.494. The molecule has 2 rings (SSSR count). The van der Waals surface area contributed by atoms with Crippen molar-refractivity contribution in [3.63, 3.8) is 0 Å². The first-order chi connectivity index (χ1) is 11.2. The van der Waals surface area contributed by atoms with Crippen molar-refractivity contribution in [3.8, 4) is 0 Å². The summed E-state index contributed by atoms with van der Waals surface area (Å²) in [4.78, 5) is 2.67. The molecule has 0 saturated carbocycles. The van der Waals surface area contributed by atoms with Crippen molar-refractivity contribution < 1.29 is 8.85 Å². The van der Waals surface area contributed by atoms with Crippen LogP contribution in [0.15, 0.2) is 0 Å². The van der Waals surface area contributed by atoms with Gasteiger partial charge in [0.2, 0.25) is 0 Å². The van der Waals surface area contributed by atoms with E-state index in [2.05, 4.69) is 72.6 Å². The Bertz CT molecular complexity index is 465. The minimum atomic E-state index is -1.80. The van der Waals surface area contributed by atoms with Crippen molar-refractivity contribution in [1.29, 1.82) is 0 Å². The zero-order valence-electron chi connectivity index (χ0n) is 18.5. The Hall–Kier alpha value is 0.314. The van der Waals surface area contributed by atoms with E-state index in [1.54, 1.807) is 0 Å². The lowest BCUT2D eigenvalue weighted by Crippen LogP contribution is -2.53. The van der Waals surface area contributed by atoms with E-state index >= 15 is 0 Å². The number of hydrogen-bond donors (Lipinski definition) is 0. The molecule has 2 heterocycles. The molecule has 0 aromatic heterocycles. The maximum atomic E-state index is 7.00. The van der Waals surface area contributed by atoms with Gasteiger partial charge in [0.1, 0.15) is 0 Å². The quantitative estimate of drug-likeness (QED) is 0.585. The summed E-state index contributed by atoms with van der Waals surface area (Å²) in [6.07, 6.45) is 4.45. The van der Waals surface area contributed by atoms with Crippen LogP contribution < -0.4 is 0 Å². The average molecular weight is 386 g/mol. The maximum Gasteiger partial charge on any atom is 0.192 e. The van der Waals surface area contributed by atoms with Crippen LogP contribution >= 0.6 is 0 Å². The second-order valence-electron chi connectivity index (χ2n) is 11.3. The Labute approximate surface area is 159 Å². The Morgan fingerprint density at radius 2 is 1.32 bits per heavy atom. The molecule has 2 saturated heterocycles. The Morgan fingerprint density at radius 3 is 1.84 bits per heavy atom. The molecule has 0 aliphatic carbocycles. The van der Waals surface area contributed by atoms with Gasteiger partial charge < -0.3 is 8.85 Å². The normalized spacial score (nSPS) is 29.8. The van der Waals surface area contributed by atoms with Crippen LogP contribution in [0.2, 0.25) is 36.3 Å². The molecule has 2 fully saturated rings. The van der Waals surface area contributed by atoms with Gasteiger partial charge in [-0.05, 0) is 55.7 Å². The van der Waals surface area contributed by atoms with Crippen LogP contribution in [0, 0.1) is 0 Å². The molecular formula is C20H43NO2Si2. The Kier molecular flexibility index (Phi) is 6.09. The van der Waals surface area contributed by atoms with Crippen LogP contribution in [-0.4, -0.2) is 52.9 Å². The molecule has 0 spiro atoms. The Morgan fingerprint density at radius 1 is 0.800 bits per heavy atom. The minimum absolute atomic E-state index is 0.247. The zero-order valence-corrected chi connectivity index (χ0v) is 20.5. The Balaban J connectivity index is 2.24. The van der Waals surface area contributed by atoms with Crippen molar-refractivity contribution in [2.45, 2.75) is 115 Å². The summed E-state index contributed by atoms with van der Waals surface area (Å²) in [5.41, 5.74) is 0. The highest BCUT2D eigenvalue weighted by Gasteiger charge is 2.51. The van der Waals surface area contributed by atoms with Crippen LogP contribution in [0.3, 0.4) is 0 Å². The minimum Gasteiger partial charge on any atom is -0.410 e. The van der Waals surface area contributed by atoms with Crippen molar-refractivity contribution in [2.75, 3.05) is 13.1 Å². The molecule has 0 amide bonds. The van der Waals surface area contributed by atoms with Crippen LogP contribution in [0.25, 0.3) is 0 Å². The second kappa shape index (κ2) is 7.04. The summed E-state index contributed by atoms with van der Waals surface area (Å²) in [6, 6.07) is 0.567. The average Bonchev–Trinajstić information content (AvgIpc) is 2.73. The third-order valence-corrected chi connectivity index (χ3v) is 16.3. The van der Waals surface area contributed by atoms with Crippen LogP contribution in [-0.2, 0) is 8.85 Å². The maximum absolute atomic E-state index is 7.00. The lowest BCUT2D eigenvalue weighted by Gasteiger charge is -2.44. The fourth-order valence-corrected chi connectivity index (χ4v) is 6.19. The molecule has 2 aliphatic heterocycles. The standard InChI is InChI=1S/C20H43NO2Si2/c1-19(2,3)24(7,8)22-17-15-21-14-12-11-13-16(21)18(17)23-25(9,10)20(4,5)6/h16-18H,11-15H2,1-10H3/t16-,17-,18-/m0/s1. The number of nitrogens with zero attached hydrogens (tertiary/aromatic N) is 1. The van der Waals surface area contributed by atoms with E-state index in [0.717, 1.165) is 6.54 Å². The van der Waals surface area contributed by atoms with Crippen LogP contribution in [0.4, 0.5) is 0 Å². The van der Waals surface area contributed by atoms with Crippen molar-refractivity contribution in [3.05, 3.63) is 0 Å². The highest BCUT2D eigenvalue weighted by molar-refractivity contribution is 6.74. The van der Waals surface area contributed by atoms with Gasteiger partial charge in [0, 0.05) is 12.6 Å². The van der Waals surface area contributed by atoms with Gasteiger partial charge in [0.05, 0.1) is 12.2 Å². The first-order valence-electron chi connectivity index (χ1n) is 10.3. The van der Waals surface area contributed by atoms with Gasteiger partial charge in [0.15, 0.2) is 16.6 Å². The third-order valence-electron chi connectivity index (χ3n) is 7.31. The van der Waals surface area contributed by atoms with Gasteiger partial charge in [-0.25, -0.2) is 0 Å². The highest BCUT2D eigenvalue weighted by Crippen LogP contribution is 2.43. The molecule has 0 radical (unpaired) electrons. The zero-order chi connectivity index (χ0) is 19.3. The molecule has 2 aliphatic rings. The molecule has 0 aromatic carbocycles. The van der Waals surface area contributed by atoms with E-state index in [1.165, 1.54) is 25.8 Å². The van der Waals surface area contributed by atoms with Gasteiger partial charge in [0.25, 0.3) is 0 Å². The monoisotopic (exact) mass is 385 g/mol. The second-order valence-corrected chi connectivity index (χ2v) is 20.8. The number of hydrogen-bond acceptors (Lipinski definition) is 3. The summed E-state index contributed by atoms with van der Waals surface area (Å²) >= 11 is 0. The first kappa shape index (κ1) is 21.6. The van der Waals surface area contributed by atoms with E-state index in [1.807, 2.05) is 0 Å². The van der Waals surface area contributed by atoms with Crippen LogP contribution in [0.5, 0.6) is 0 Å². The van der Waals surface area contributed by atoms with Gasteiger partial charge in [-0.2, -0.15) is 0 Å². The topological polar surface area (TPSA) is 21.7 Å². The van der Waals surface area contributed by atoms with Gasteiger partial charge in [-0.15, -0.1) is 0 Å². The largest absolute Gasteiger partial charge is 0.410 e. The molecular weight excluding hydrogens is 342 g/mol. The van der Waals surface area contributed by atoms with Crippen molar-refractivity contribution in [2.24, 2.45) is 0 Å². The first-order valence-corrected chi connectivity index (χ1v) is 16.1. The smallest absolute Gasteiger partial charge is 0.192 e. The summed E-state index contributed by atoms with van der Waals surface area (Å²) < 4.78 is 13.9. The fourth-order valence-electron chi connectivity index (χ4n) is 3.53. The van der Waals surface area contributed by atoms with Crippen molar-refractivity contribution in [1.82, 2.24) is 4.90 Å². The summed E-state index contributed by atoms with van der Waals surface area (Å²) in [7, 11) is -3.59. The molecule has 0 aromatic rings. The van der Waals surface area contributed by atoms with E-state index in [0.29, 0.717) is 6.04 Å². The van der Waals surface area contributed by atoms with Crippen molar-refractivity contribution >= 4 is 16.6 Å². The van der Waals surface area contributed by atoms with Gasteiger partial charge >= 0.3 is 0 Å². The van der Waals surface area contributed by atoms with Gasteiger partial charge in [-0.1, -0.05) is 48.0 Å². The molecule has 0 unspecified atom stereocenters. The van der Waals surface area contributed by atoms with E-state index in [4.69, 9.17) is 8.85 Å². The number of piperidine rings is 1. The molecule has 5 heteroatoms. The predicted octanol–water partition coefficient (Wildman–Crippen LogP) is 5.64. The number of rotatable bonds is 4. The number of fused-ring (bicyclic) bond motifs is 1. The summed E-state index contributed by atoms with van der Waals surface area (Å²) in [6.45, 7) is 25.9. The molecule has 25 heavy (non-hydrogen) atoms. The lowest BCUT2D eigenvalue weighted by atomic mass is 10.0. The predicted molar refractivity (Wildman–Crippen MR) is 113 cm³/mol. The van der Waals surface area contributed by atoms with Crippen LogP contribution in [0.1, 0.15) is 60.8 Å². The lowest BCUT2D eigenvalue weighted by molar-refractivity contribution is 0.0454. The summed E-state index contributed by atoms with van der Waals surface area (Å²) in [5.74, 6) is 0. The van der Waals surface area contributed by atoms with E-state index < -0.39 is 16.6 Å². The molecule has 3 nitrogen and oxygen atoms in total. The molecule has 0 N–H and O–H groups in total. The molecule has 3 atom stereocenters. The van der Waals surface area contributed by atoms with E-state index in [9.17, 15) is 0 Å². The van der Waals surface area contributed by atoms with Gasteiger partial charge in [-0.3, -0.25) is 4.90 Å².